The number of carbonyl (C=O) groups is 1. The lowest BCUT2D eigenvalue weighted by Gasteiger charge is -2.61. The summed E-state index contributed by atoms with van der Waals surface area (Å²) in [6.45, 7) is 9.56. The van der Waals surface area contributed by atoms with Gasteiger partial charge in [-0.05, 0) is 104 Å². The summed E-state index contributed by atoms with van der Waals surface area (Å²) in [5.74, 6) is 6.29. The molecule has 0 spiro atoms. The smallest absolute Gasteiger partial charge is 0.308 e. The number of methoxy groups -OCH3 is 1. The Kier molecular flexibility index (Phi) is 7.06. The molecule has 0 aromatic rings. The van der Waals surface area contributed by atoms with Gasteiger partial charge < -0.3 is 4.74 Å². The minimum Gasteiger partial charge on any atom is -0.469 e. The lowest BCUT2D eigenvalue weighted by atomic mass is 9.44. The molecule has 0 aromatic heterocycles. The minimum absolute atomic E-state index is 0.0258. The molecular weight excluding hydrogens is 464 g/mol. The minimum atomic E-state index is 0.0258. The lowest BCUT2D eigenvalue weighted by molar-refractivity contribution is -0.153. The quantitative estimate of drug-likeness (QED) is 0.229. The summed E-state index contributed by atoms with van der Waals surface area (Å²) in [6.07, 6.45) is 11.6. The highest BCUT2D eigenvalue weighted by molar-refractivity contribution is 9.09. The average molecular weight is 508 g/mol. The van der Waals surface area contributed by atoms with Gasteiger partial charge in [0, 0.05) is 10.4 Å². The van der Waals surface area contributed by atoms with Crippen LogP contribution in [0.5, 0.6) is 0 Å². The van der Waals surface area contributed by atoms with Gasteiger partial charge in [-0.15, -0.1) is 0 Å². The van der Waals surface area contributed by atoms with E-state index in [2.05, 4.69) is 49.6 Å². The molecule has 4 fully saturated rings. The zero-order valence-electron chi connectivity index (χ0n) is 20.8. The van der Waals surface area contributed by atoms with Crippen LogP contribution in [0.4, 0.5) is 0 Å². The van der Waals surface area contributed by atoms with Crippen molar-refractivity contribution < 1.29 is 14.3 Å². The van der Waals surface area contributed by atoms with E-state index in [-0.39, 0.29) is 22.1 Å². The molecule has 4 rings (SSSR count). The molecule has 3 unspecified atom stereocenters. The van der Waals surface area contributed by atoms with E-state index in [9.17, 15) is 9.59 Å². The monoisotopic (exact) mass is 506 g/mol. The number of alkyl halides is 1. The van der Waals surface area contributed by atoms with Gasteiger partial charge in [-0.3, -0.25) is 4.79 Å². The first-order chi connectivity index (χ1) is 15.2. The second-order valence-electron chi connectivity index (χ2n) is 12.5. The Morgan fingerprint density at radius 1 is 1.09 bits per heavy atom. The molecule has 4 aliphatic rings. The molecule has 0 N–H and O–H groups in total. The summed E-state index contributed by atoms with van der Waals surface area (Å²) in [7, 11) is 1.57. The molecule has 0 saturated heterocycles. The van der Waals surface area contributed by atoms with Crippen LogP contribution in [0.1, 0.15) is 91.9 Å². The first kappa shape index (κ1) is 24.5. The standard InChI is InChI=1S/C28H43BrO3/c1-17(2)6-8-21(26(31)32-5)23-11-10-22-20-9-7-19-14-18(16-30)25(29)15-28(19,4)24(20)12-13-27(22,23)3/h17,19-25H,6-15H2,1-5H3/t19?,20-,21?,22-,23+,24-,25?,27-,28-/m0/s1. The molecule has 4 aliphatic carbocycles. The molecule has 180 valence electrons. The van der Waals surface area contributed by atoms with Gasteiger partial charge in [0.2, 0.25) is 0 Å². The van der Waals surface area contributed by atoms with Gasteiger partial charge in [-0.25, -0.2) is 4.79 Å². The van der Waals surface area contributed by atoms with E-state index in [1.165, 1.54) is 38.5 Å². The van der Waals surface area contributed by atoms with Crippen LogP contribution in [-0.4, -0.2) is 23.8 Å². The Bertz CT molecular complexity index is 771. The van der Waals surface area contributed by atoms with E-state index < -0.39 is 0 Å². The number of halogens is 1. The lowest BCUT2D eigenvalue weighted by Crippen LogP contribution is -2.54. The number of fused-ring (bicyclic) bond motifs is 5. The Morgan fingerprint density at radius 2 is 1.81 bits per heavy atom. The van der Waals surface area contributed by atoms with Crippen molar-refractivity contribution in [2.24, 2.45) is 52.3 Å². The van der Waals surface area contributed by atoms with Crippen LogP contribution < -0.4 is 0 Å². The van der Waals surface area contributed by atoms with Crippen molar-refractivity contribution in [2.45, 2.75) is 96.7 Å². The fourth-order valence-electron chi connectivity index (χ4n) is 9.05. The molecule has 0 heterocycles. The van der Waals surface area contributed by atoms with Crippen molar-refractivity contribution in [3.8, 4) is 0 Å². The number of ether oxygens (including phenoxy) is 1. The largest absolute Gasteiger partial charge is 0.469 e. The van der Waals surface area contributed by atoms with E-state index in [1.54, 1.807) is 7.11 Å². The predicted molar refractivity (Wildman–Crippen MR) is 132 cm³/mol. The van der Waals surface area contributed by atoms with Crippen LogP contribution >= 0.6 is 15.9 Å². The molecule has 9 atom stereocenters. The van der Waals surface area contributed by atoms with Crippen LogP contribution in [0.15, 0.2) is 5.57 Å². The molecule has 3 nitrogen and oxygen atoms in total. The summed E-state index contributed by atoms with van der Waals surface area (Å²) in [6, 6.07) is 0. The summed E-state index contributed by atoms with van der Waals surface area (Å²) < 4.78 is 5.33. The van der Waals surface area contributed by atoms with Crippen LogP contribution in [-0.2, 0) is 14.3 Å². The maximum Gasteiger partial charge on any atom is 0.308 e. The Labute approximate surface area is 203 Å². The molecule has 0 bridgehead atoms. The number of esters is 1. The molecule has 0 amide bonds. The SMILES string of the molecule is COC(=O)C(CCC(C)C)[C@H]1CC[C@H]2[C@@H]3CCC4CC(=C=O)C(Br)C[C@]4(C)[C@H]3CC[C@]12C. The van der Waals surface area contributed by atoms with Gasteiger partial charge in [0.25, 0.3) is 0 Å². The fraction of sp³-hybridized carbons (Fsp3) is 0.893. The van der Waals surface area contributed by atoms with Crippen molar-refractivity contribution in [3.63, 3.8) is 0 Å². The van der Waals surface area contributed by atoms with Crippen LogP contribution in [0.25, 0.3) is 0 Å². The molecule has 0 aliphatic heterocycles. The zero-order valence-corrected chi connectivity index (χ0v) is 22.4. The highest BCUT2D eigenvalue weighted by Crippen LogP contribution is 2.69. The second-order valence-corrected chi connectivity index (χ2v) is 13.6. The van der Waals surface area contributed by atoms with E-state index >= 15 is 0 Å². The highest BCUT2D eigenvalue weighted by atomic mass is 79.9. The summed E-state index contributed by atoms with van der Waals surface area (Å²) in [5, 5.41) is 0. The predicted octanol–water partition coefficient (Wildman–Crippen LogP) is 7.00. The molecular formula is C28H43BrO3. The van der Waals surface area contributed by atoms with Crippen molar-refractivity contribution in [1.82, 2.24) is 0 Å². The molecule has 4 heteroatoms. The topological polar surface area (TPSA) is 43.4 Å². The fourth-order valence-corrected chi connectivity index (χ4v) is 10.0. The molecule has 4 saturated carbocycles. The normalized spacial score (nSPS) is 44.3. The van der Waals surface area contributed by atoms with Crippen molar-refractivity contribution in [2.75, 3.05) is 7.11 Å². The number of carbonyl (C=O) groups excluding carboxylic acids is 2. The van der Waals surface area contributed by atoms with Crippen LogP contribution in [0.3, 0.4) is 0 Å². The third kappa shape index (κ3) is 3.96. The first-order valence-electron chi connectivity index (χ1n) is 13.1. The Balaban J connectivity index is 1.57. The molecule has 0 aromatic carbocycles. The van der Waals surface area contributed by atoms with Gasteiger partial charge in [0.05, 0.1) is 13.0 Å². The number of allylic oxidation sites excluding steroid dienone is 1. The Morgan fingerprint density at radius 3 is 2.47 bits per heavy atom. The van der Waals surface area contributed by atoms with Crippen molar-refractivity contribution >= 4 is 27.8 Å². The maximum absolute atomic E-state index is 12.9. The summed E-state index contributed by atoms with van der Waals surface area (Å²) in [4.78, 5) is 24.6. The van der Waals surface area contributed by atoms with Gasteiger partial charge in [0.15, 0.2) is 0 Å². The average Bonchev–Trinajstić information content (AvgIpc) is 3.10. The van der Waals surface area contributed by atoms with Crippen molar-refractivity contribution in [1.29, 1.82) is 0 Å². The van der Waals surface area contributed by atoms with Crippen LogP contribution in [0.2, 0.25) is 0 Å². The van der Waals surface area contributed by atoms with Gasteiger partial charge in [-0.2, -0.15) is 0 Å². The third-order valence-electron chi connectivity index (χ3n) is 10.8. The van der Waals surface area contributed by atoms with Gasteiger partial charge in [-0.1, -0.05) is 50.0 Å². The van der Waals surface area contributed by atoms with Crippen molar-refractivity contribution in [3.05, 3.63) is 5.57 Å². The zero-order chi connectivity index (χ0) is 23.3. The Hall–Kier alpha value is -0.600. The van der Waals surface area contributed by atoms with E-state index in [0.29, 0.717) is 23.2 Å². The van der Waals surface area contributed by atoms with E-state index in [1.807, 2.05) is 0 Å². The van der Waals surface area contributed by atoms with Gasteiger partial charge >= 0.3 is 5.97 Å². The van der Waals surface area contributed by atoms with E-state index in [0.717, 1.165) is 49.0 Å². The second kappa shape index (κ2) is 9.21. The number of hydrogen-bond acceptors (Lipinski definition) is 3. The molecule has 0 radical (unpaired) electrons. The van der Waals surface area contributed by atoms with Gasteiger partial charge in [0.1, 0.15) is 5.94 Å². The number of hydrogen-bond donors (Lipinski definition) is 0. The maximum atomic E-state index is 12.9. The van der Waals surface area contributed by atoms with E-state index in [4.69, 9.17) is 4.74 Å². The summed E-state index contributed by atoms with van der Waals surface area (Å²) >= 11 is 3.83. The molecule has 32 heavy (non-hydrogen) atoms. The van der Waals surface area contributed by atoms with Crippen LogP contribution in [0, 0.1) is 52.3 Å². The first-order valence-corrected chi connectivity index (χ1v) is 14.0. The number of rotatable bonds is 5. The summed E-state index contributed by atoms with van der Waals surface area (Å²) in [5.41, 5.74) is 1.53. The highest BCUT2D eigenvalue weighted by Gasteiger charge is 2.62. The third-order valence-corrected chi connectivity index (χ3v) is 11.7.